The fourth-order valence-corrected chi connectivity index (χ4v) is 8.64. The minimum atomic E-state index is -3.76. The number of hydrogen-bond acceptors (Lipinski definition) is 6. The van der Waals surface area contributed by atoms with Gasteiger partial charge in [-0.25, -0.2) is 12.7 Å². The lowest BCUT2D eigenvalue weighted by atomic mass is 9.69. The van der Waals surface area contributed by atoms with Gasteiger partial charge in [-0.3, -0.25) is 4.79 Å². The van der Waals surface area contributed by atoms with Crippen molar-refractivity contribution >= 4 is 21.6 Å². The standard InChI is InChI=1S/C20H24N2O5S/c1-19(2)13-8-9-20(19)11-28(25,26)22(14(20)10-13)18(24)17-16(23)15(21-27-17)12-6-4-3-5-7-12/h3-7,13-14,16-17,23H,8-11H2,1-2H3/t13-,14-,16-,17-,20-/m1/s1. The summed E-state index contributed by atoms with van der Waals surface area (Å²) in [5.41, 5.74) is 0.366. The van der Waals surface area contributed by atoms with E-state index in [0.717, 1.165) is 17.1 Å². The van der Waals surface area contributed by atoms with Crippen LogP contribution in [0.25, 0.3) is 0 Å². The number of carbonyl (C=O) groups excluding carboxylic acids is 1. The highest BCUT2D eigenvalue weighted by atomic mass is 32.2. The van der Waals surface area contributed by atoms with Gasteiger partial charge in [-0.1, -0.05) is 49.3 Å². The fourth-order valence-electron chi connectivity index (χ4n) is 6.09. The van der Waals surface area contributed by atoms with Crippen LogP contribution in [0.2, 0.25) is 0 Å². The van der Waals surface area contributed by atoms with Gasteiger partial charge >= 0.3 is 0 Å². The van der Waals surface area contributed by atoms with E-state index in [4.69, 9.17) is 4.84 Å². The zero-order valence-electron chi connectivity index (χ0n) is 15.9. The topological polar surface area (TPSA) is 96.3 Å². The fraction of sp³-hybridized carbons (Fsp3) is 0.600. The Morgan fingerprint density at radius 3 is 2.68 bits per heavy atom. The number of oxime groups is 1. The van der Waals surface area contributed by atoms with Crippen LogP contribution in [0.5, 0.6) is 0 Å². The summed E-state index contributed by atoms with van der Waals surface area (Å²) in [6.07, 6.45) is -0.119. The molecule has 2 bridgehead atoms. The molecular formula is C20H24N2O5S. The first-order chi connectivity index (χ1) is 13.2. The minimum absolute atomic E-state index is 0.00484. The molecule has 5 atom stereocenters. The zero-order valence-corrected chi connectivity index (χ0v) is 16.7. The predicted octanol–water partition coefficient (Wildman–Crippen LogP) is 1.52. The number of rotatable bonds is 2. The lowest BCUT2D eigenvalue weighted by molar-refractivity contribution is -0.143. The molecule has 0 radical (unpaired) electrons. The molecule has 2 saturated carbocycles. The molecule has 150 valence electrons. The summed E-state index contributed by atoms with van der Waals surface area (Å²) in [5.74, 6) is -0.295. The molecule has 2 heterocycles. The van der Waals surface area contributed by atoms with Gasteiger partial charge in [0.15, 0.2) is 0 Å². The molecular weight excluding hydrogens is 380 g/mol. The number of nitrogens with zero attached hydrogens (tertiary/aromatic N) is 2. The first kappa shape index (κ1) is 18.1. The van der Waals surface area contributed by atoms with Gasteiger partial charge in [-0.05, 0) is 30.6 Å². The van der Waals surface area contributed by atoms with E-state index in [1.807, 2.05) is 6.07 Å². The van der Waals surface area contributed by atoms with E-state index in [1.165, 1.54) is 0 Å². The Kier molecular flexibility index (Phi) is 3.60. The van der Waals surface area contributed by atoms with Crippen molar-refractivity contribution < 1.29 is 23.2 Å². The van der Waals surface area contributed by atoms with Gasteiger partial charge < -0.3 is 9.94 Å². The second-order valence-corrected chi connectivity index (χ2v) is 10.9. The molecule has 1 aromatic rings. The van der Waals surface area contributed by atoms with E-state index in [2.05, 4.69) is 19.0 Å². The average molecular weight is 404 g/mol. The summed E-state index contributed by atoms with van der Waals surface area (Å²) in [7, 11) is -3.76. The van der Waals surface area contributed by atoms with Crippen molar-refractivity contribution in [3.05, 3.63) is 35.9 Å². The molecule has 0 unspecified atom stereocenters. The molecule has 2 aliphatic carbocycles. The van der Waals surface area contributed by atoms with Crippen molar-refractivity contribution in [3.63, 3.8) is 0 Å². The molecule has 7 nitrogen and oxygen atoms in total. The Morgan fingerprint density at radius 2 is 2.00 bits per heavy atom. The van der Waals surface area contributed by atoms with Crippen molar-refractivity contribution in [2.45, 2.75) is 51.4 Å². The SMILES string of the molecule is CC1(C)[C@@H]2CC[C@]13CS(=O)(=O)N(C(=O)[C@@H]1ON=C(c4ccccc4)[C@H]1O)[C@@H]3C2. The third kappa shape index (κ3) is 2.10. The van der Waals surface area contributed by atoms with E-state index in [-0.39, 0.29) is 22.9 Å². The number of fused-ring (bicyclic) bond motifs is 1. The number of aliphatic hydroxyl groups is 1. The number of aliphatic hydroxyl groups excluding tert-OH is 1. The largest absolute Gasteiger partial charge is 0.382 e. The van der Waals surface area contributed by atoms with Crippen molar-refractivity contribution in [2.24, 2.45) is 21.9 Å². The summed E-state index contributed by atoms with van der Waals surface area (Å²) in [5, 5.41) is 14.6. The summed E-state index contributed by atoms with van der Waals surface area (Å²) < 4.78 is 27.1. The van der Waals surface area contributed by atoms with E-state index < -0.39 is 33.6 Å². The Bertz CT molecular complexity index is 974. The average Bonchev–Trinajstić information content (AvgIpc) is 3.28. The van der Waals surface area contributed by atoms with Gasteiger partial charge in [-0.2, -0.15) is 0 Å². The molecule has 1 amide bonds. The lowest BCUT2D eigenvalue weighted by Gasteiger charge is -2.37. The van der Waals surface area contributed by atoms with Crippen LogP contribution in [0.1, 0.15) is 38.7 Å². The van der Waals surface area contributed by atoms with E-state index in [9.17, 15) is 18.3 Å². The van der Waals surface area contributed by atoms with Crippen molar-refractivity contribution in [2.75, 3.05) is 5.75 Å². The molecule has 1 spiro atoms. The van der Waals surface area contributed by atoms with E-state index in [0.29, 0.717) is 17.9 Å². The number of sulfonamides is 1. The van der Waals surface area contributed by atoms with Gasteiger partial charge in [0.25, 0.3) is 5.91 Å². The second-order valence-electron chi connectivity index (χ2n) is 9.07. The van der Waals surface area contributed by atoms with Crippen LogP contribution in [0.3, 0.4) is 0 Å². The summed E-state index contributed by atoms with van der Waals surface area (Å²) in [6, 6.07) is 8.60. The molecule has 3 fully saturated rings. The van der Waals surface area contributed by atoms with Crippen LogP contribution in [-0.4, -0.2) is 53.5 Å². The van der Waals surface area contributed by atoms with E-state index in [1.54, 1.807) is 24.3 Å². The van der Waals surface area contributed by atoms with Crippen LogP contribution in [0, 0.1) is 16.7 Å². The van der Waals surface area contributed by atoms with Gasteiger partial charge in [0.05, 0.1) is 11.8 Å². The zero-order chi connectivity index (χ0) is 19.9. The number of benzene rings is 1. The van der Waals surface area contributed by atoms with E-state index >= 15 is 0 Å². The molecule has 2 aliphatic heterocycles. The number of carbonyl (C=O) groups is 1. The first-order valence-corrected chi connectivity index (χ1v) is 11.3. The lowest BCUT2D eigenvalue weighted by Crippen LogP contribution is -2.51. The van der Waals surface area contributed by atoms with Gasteiger partial charge in [0.2, 0.25) is 16.1 Å². The highest BCUT2D eigenvalue weighted by molar-refractivity contribution is 7.90. The van der Waals surface area contributed by atoms with Gasteiger partial charge in [0, 0.05) is 11.0 Å². The molecule has 1 N–H and O–H groups in total. The van der Waals surface area contributed by atoms with Gasteiger partial charge in [0.1, 0.15) is 11.8 Å². The Hall–Kier alpha value is -1.93. The quantitative estimate of drug-likeness (QED) is 0.806. The smallest absolute Gasteiger partial charge is 0.283 e. The van der Waals surface area contributed by atoms with Crippen LogP contribution in [0.15, 0.2) is 35.5 Å². The van der Waals surface area contributed by atoms with Crippen molar-refractivity contribution in [1.29, 1.82) is 0 Å². The summed E-state index contributed by atoms with van der Waals surface area (Å²) in [4.78, 5) is 18.5. The highest BCUT2D eigenvalue weighted by Crippen LogP contribution is 2.70. The molecule has 8 heteroatoms. The van der Waals surface area contributed by atoms with Crippen LogP contribution < -0.4 is 0 Å². The maximum absolute atomic E-state index is 13.3. The Balaban J connectivity index is 1.45. The molecule has 28 heavy (non-hydrogen) atoms. The normalized spacial score (nSPS) is 39.5. The number of hydrogen-bond donors (Lipinski definition) is 1. The molecule has 0 aromatic heterocycles. The third-order valence-corrected chi connectivity index (χ3v) is 9.69. The molecule has 1 saturated heterocycles. The molecule has 1 aromatic carbocycles. The maximum Gasteiger partial charge on any atom is 0.283 e. The maximum atomic E-state index is 13.3. The summed E-state index contributed by atoms with van der Waals surface area (Å²) in [6.45, 7) is 4.26. The van der Waals surface area contributed by atoms with Crippen LogP contribution in [-0.2, 0) is 19.7 Å². The van der Waals surface area contributed by atoms with Crippen LogP contribution >= 0.6 is 0 Å². The second kappa shape index (κ2) is 5.57. The minimum Gasteiger partial charge on any atom is -0.382 e. The molecule has 4 aliphatic rings. The number of amides is 1. The Morgan fingerprint density at radius 1 is 1.29 bits per heavy atom. The highest BCUT2D eigenvalue weighted by Gasteiger charge is 2.72. The monoisotopic (exact) mass is 404 g/mol. The predicted molar refractivity (Wildman–Crippen MR) is 102 cm³/mol. The van der Waals surface area contributed by atoms with Crippen molar-refractivity contribution in [1.82, 2.24) is 4.31 Å². The third-order valence-electron chi connectivity index (χ3n) is 7.77. The Labute approximate surface area is 164 Å². The summed E-state index contributed by atoms with van der Waals surface area (Å²) >= 11 is 0. The first-order valence-electron chi connectivity index (χ1n) is 9.72. The van der Waals surface area contributed by atoms with Gasteiger partial charge in [-0.15, -0.1) is 0 Å². The van der Waals surface area contributed by atoms with Crippen molar-refractivity contribution in [3.8, 4) is 0 Å². The van der Waals surface area contributed by atoms with Crippen LogP contribution in [0.4, 0.5) is 0 Å². The molecule has 5 rings (SSSR count).